The van der Waals surface area contributed by atoms with E-state index in [4.69, 9.17) is 0 Å². The van der Waals surface area contributed by atoms with Gasteiger partial charge in [0, 0.05) is 10.9 Å². The molecule has 0 bridgehead atoms. The van der Waals surface area contributed by atoms with E-state index in [2.05, 4.69) is 21.2 Å². The zero-order valence-electron chi connectivity index (χ0n) is 9.92. The molecule has 0 aliphatic heterocycles. The number of alkyl halides is 1. The third-order valence-corrected chi connectivity index (χ3v) is 4.50. The van der Waals surface area contributed by atoms with Crippen LogP contribution in [0.4, 0.5) is 0 Å². The molecule has 1 aromatic rings. The van der Waals surface area contributed by atoms with Crippen molar-refractivity contribution >= 4 is 21.8 Å². The van der Waals surface area contributed by atoms with E-state index < -0.39 is 0 Å². The van der Waals surface area contributed by atoms with Crippen molar-refractivity contribution in [2.75, 3.05) is 5.33 Å². The summed E-state index contributed by atoms with van der Waals surface area (Å²) in [4.78, 5) is 12.0. The van der Waals surface area contributed by atoms with Gasteiger partial charge in [-0.15, -0.1) is 0 Å². The molecule has 2 nitrogen and oxygen atoms in total. The molecule has 0 radical (unpaired) electrons. The van der Waals surface area contributed by atoms with Gasteiger partial charge in [0.25, 0.3) is 0 Å². The number of carbonyl (C=O) groups excluding carboxylic acids is 1. The van der Waals surface area contributed by atoms with Gasteiger partial charge in [-0.2, -0.15) is 0 Å². The molecule has 0 spiro atoms. The minimum Gasteiger partial charge on any atom is -0.350 e. The summed E-state index contributed by atoms with van der Waals surface area (Å²) < 4.78 is 0. The molecule has 1 aliphatic rings. The van der Waals surface area contributed by atoms with Crippen LogP contribution < -0.4 is 5.32 Å². The highest BCUT2D eigenvalue weighted by molar-refractivity contribution is 9.09. The lowest BCUT2D eigenvalue weighted by molar-refractivity contribution is -0.122. The van der Waals surface area contributed by atoms with Crippen LogP contribution in [-0.4, -0.2) is 16.8 Å². The second kappa shape index (κ2) is 5.67. The monoisotopic (exact) mass is 295 g/mol. The Morgan fingerprint density at radius 1 is 1.24 bits per heavy atom. The summed E-state index contributed by atoms with van der Waals surface area (Å²) in [6, 6.07) is 9.90. The molecule has 17 heavy (non-hydrogen) atoms. The van der Waals surface area contributed by atoms with Crippen LogP contribution in [0.3, 0.4) is 0 Å². The normalized spacial score (nSPS) is 17.9. The molecule has 92 valence electrons. The zero-order valence-corrected chi connectivity index (χ0v) is 11.5. The molecule has 1 fully saturated rings. The van der Waals surface area contributed by atoms with Crippen LogP contribution >= 0.6 is 15.9 Å². The molecule has 1 saturated carbocycles. The first-order valence-electron chi connectivity index (χ1n) is 6.15. The number of hydrogen-bond donors (Lipinski definition) is 1. The van der Waals surface area contributed by atoms with Crippen molar-refractivity contribution in [2.24, 2.45) is 0 Å². The Hall–Kier alpha value is -0.830. The molecule has 1 amide bonds. The number of benzene rings is 1. The Balaban J connectivity index is 1.93. The minimum atomic E-state index is 0.00582. The SMILES string of the molecule is O=C(Cc1ccccc1)NC1(CBr)CCCC1. The molecule has 0 heterocycles. The van der Waals surface area contributed by atoms with Crippen molar-refractivity contribution in [1.29, 1.82) is 0 Å². The van der Waals surface area contributed by atoms with Crippen molar-refractivity contribution in [3.05, 3.63) is 35.9 Å². The largest absolute Gasteiger partial charge is 0.350 e. The zero-order chi connectivity index (χ0) is 12.1. The molecule has 0 atom stereocenters. The molecule has 2 rings (SSSR count). The first-order valence-corrected chi connectivity index (χ1v) is 7.27. The minimum absolute atomic E-state index is 0.00582. The summed E-state index contributed by atoms with van der Waals surface area (Å²) in [7, 11) is 0. The fraction of sp³-hybridized carbons (Fsp3) is 0.500. The van der Waals surface area contributed by atoms with Crippen LogP contribution in [-0.2, 0) is 11.2 Å². The highest BCUT2D eigenvalue weighted by atomic mass is 79.9. The van der Waals surface area contributed by atoms with Crippen LogP contribution in [0.15, 0.2) is 30.3 Å². The lowest BCUT2D eigenvalue weighted by Crippen LogP contribution is -2.48. The Kier molecular flexibility index (Phi) is 4.21. The Morgan fingerprint density at radius 3 is 2.47 bits per heavy atom. The van der Waals surface area contributed by atoms with Gasteiger partial charge in [0.1, 0.15) is 0 Å². The number of nitrogens with one attached hydrogen (secondary N) is 1. The third-order valence-electron chi connectivity index (χ3n) is 3.43. The van der Waals surface area contributed by atoms with Crippen LogP contribution in [0.25, 0.3) is 0 Å². The average Bonchev–Trinajstić information content (AvgIpc) is 2.79. The number of hydrogen-bond acceptors (Lipinski definition) is 1. The van der Waals surface area contributed by atoms with Gasteiger partial charge in [-0.3, -0.25) is 4.79 Å². The van der Waals surface area contributed by atoms with Crippen molar-refractivity contribution in [2.45, 2.75) is 37.6 Å². The highest BCUT2D eigenvalue weighted by Crippen LogP contribution is 2.31. The molecule has 0 unspecified atom stereocenters. The van der Waals surface area contributed by atoms with Crippen LogP contribution in [0, 0.1) is 0 Å². The molecule has 0 saturated heterocycles. The van der Waals surface area contributed by atoms with Gasteiger partial charge in [-0.05, 0) is 18.4 Å². The van der Waals surface area contributed by atoms with Crippen molar-refractivity contribution in [3.8, 4) is 0 Å². The number of carbonyl (C=O) groups is 1. The van der Waals surface area contributed by atoms with Gasteiger partial charge in [0.15, 0.2) is 0 Å². The number of rotatable bonds is 4. The second-order valence-electron chi connectivity index (χ2n) is 4.83. The molecular weight excluding hydrogens is 278 g/mol. The summed E-state index contributed by atoms with van der Waals surface area (Å²) in [5, 5.41) is 4.07. The fourth-order valence-corrected chi connectivity index (χ4v) is 3.17. The molecule has 1 N–H and O–H groups in total. The quantitative estimate of drug-likeness (QED) is 0.850. The average molecular weight is 296 g/mol. The highest BCUT2D eigenvalue weighted by Gasteiger charge is 2.33. The van der Waals surface area contributed by atoms with Gasteiger partial charge in [0.2, 0.25) is 5.91 Å². The maximum absolute atomic E-state index is 12.0. The number of amides is 1. The van der Waals surface area contributed by atoms with Gasteiger partial charge < -0.3 is 5.32 Å². The van der Waals surface area contributed by atoms with Crippen LogP contribution in [0.1, 0.15) is 31.2 Å². The molecule has 1 aromatic carbocycles. The van der Waals surface area contributed by atoms with E-state index in [0.29, 0.717) is 6.42 Å². The van der Waals surface area contributed by atoms with E-state index >= 15 is 0 Å². The summed E-state index contributed by atoms with van der Waals surface area (Å²) >= 11 is 3.53. The lowest BCUT2D eigenvalue weighted by Gasteiger charge is -2.28. The van der Waals surface area contributed by atoms with Crippen LogP contribution in [0.2, 0.25) is 0 Å². The predicted octanol–water partition coefficient (Wildman–Crippen LogP) is 3.05. The summed E-state index contributed by atoms with van der Waals surface area (Å²) in [6.45, 7) is 0. The standard InChI is InChI=1S/C14H18BrNO/c15-11-14(8-4-5-9-14)16-13(17)10-12-6-2-1-3-7-12/h1-3,6-7H,4-5,8-11H2,(H,16,17). The number of halogens is 1. The van der Waals surface area contributed by atoms with Gasteiger partial charge in [-0.25, -0.2) is 0 Å². The van der Waals surface area contributed by atoms with E-state index in [-0.39, 0.29) is 11.4 Å². The second-order valence-corrected chi connectivity index (χ2v) is 5.39. The molecular formula is C14H18BrNO. The fourth-order valence-electron chi connectivity index (χ4n) is 2.47. The smallest absolute Gasteiger partial charge is 0.224 e. The maximum Gasteiger partial charge on any atom is 0.224 e. The van der Waals surface area contributed by atoms with Crippen molar-refractivity contribution < 1.29 is 4.79 Å². The summed E-state index contributed by atoms with van der Waals surface area (Å²) in [5.74, 6) is 0.137. The van der Waals surface area contributed by atoms with E-state index in [1.165, 1.54) is 12.8 Å². The topological polar surface area (TPSA) is 29.1 Å². The van der Waals surface area contributed by atoms with Crippen LogP contribution in [0.5, 0.6) is 0 Å². The van der Waals surface area contributed by atoms with Gasteiger partial charge in [-0.1, -0.05) is 59.1 Å². The Labute approximate surface area is 111 Å². The van der Waals surface area contributed by atoms with E-state index in [9.17, 15) is 4.79 Å². The summed E-state index contributed by atoms with van der Waals surface area (Å²) in [6.07, 6.45) is 5.11. The van der Waals surface area contributed by atoms with Gasteiger partial charge >= 0.3 is 0 Å². The lowest BCUT2D eigenvalue weighted by atomic mass is 10.00. The van der Waals surface area contributed by atoms with E-state index in [1.807, 2.05) is 30.3 Å². The van der Waals surface area contributed by atoms with Gasteiger partial charge in [0.05, 0.1) is 6.42 Å². The predicted molar refractivity (Wildman–Crippen MR) is 73.3 cm³/mol. The third kappa shape index (κ3) is 3.32. The Bertz CT molecular complexity index is 371. The first-order chi connectivity index (χ1) is 8.24. The summed E-state index contributed by atoms with van der Waals surface area (Å²) in [5.41, 5.74) is 1.08. The van der Waals surface area contributed by atoms with Crippen molar-refractivity contribution in [3.63, 3.8) is 0 Å². The maximum atomic E-state index is 12.0. The van der Waals surface area contributed by atoms with E-state index in [0.717, 1.165) is 23.7 Å². The Morgan fingerprint density at radius 2 is 1.88 bits per heavy atom. The van der Waals surface area contributed by atoms with Crippen molar-refractivity contribution in [1.82, 2.24) is 5.32 Å². The molecule has 1 aliphatic carbocycles. The first kappa shape index (κ1) is 12.6. The van der Waals surface area contributed by atoms with E-state index in [1.54, 1.807) is 0 Å². The molecule has 3 heteroatoms. The molecule has 0 aromatic heterocycles.